The normalized spacial score (nSPS) is 10.7. The molecule has 0 bridgehead atoms. The van der Waals surface area contributed by atoms with Crippen molar-refractivity contribution in [3.05, 3.63) is 47.7 Å². The molecular formula is C23H33N3O3. The predicted molar refractivity (Wildman–Crippen MR) is 115 cm³/mol. The lowest BCUT2D eigenvalue weighted by Crippen LogP contribution is -2.38. The van der Waals surface area contributed by atoms with E-state index in [1.165, 1.54) is 37.5 Å². The summed E-state index contributed by atoms with van der Waals surface area (Å²) in [6, 6.07) is 9.37. The zero-order valence-corrected chi connectivity index (χ0v) is 17.7. The van der Waals surface area contributed by atoms with Crippen molar-refractivity contribution in [1.29, 1.82) is 0 Å². The Kier molecular flexibility index (Phi) is 9.96. The van der Waals surface area contributed by atoms with Gasteiger partial charge in [-0.05, 0) is 37.0 Å². The number of nitrogens with one attached hydrogen (secondary N) is 1. The second kappa shape index (κ2) is 12.8. The van der Waals surface area contributed by atoms with Crippen molar-refractivity contribution in [1.82, 2.24) is 10.1 Å². The average molecular weight is 400 g/mol. The molecule has 6 nitrogen and oxygen atoms in total. The van der Waals surface area contributed by atoms with Crippen LogP contribution in [0, 0.1) is 0 Å². The van der Waals surface area contributed by atoms with Crippen LogP contribution in [0.2, 0.25) is 0 Å². The molecule has 29 heavy (non-hydrogen) atoms. The summed E-state index contributed by atoms with van der Waals surface area (Å²) < 4.78 is 4.72. The molecule has 158 valence electrons. The van der Waals surface area contributed by atoms with Crippen LogP contribution < -0.4 is 5.32 Å². The monoisotopic (exact) mass is 399 g/mol. The largest absolute Gasteiger partial charge is 0.363 e. The summed E-state index contributed by atoms with van der Waals surface area (Å²) in [6.45, 7) is 4.87. The van der Waals surface area contributed by atoms with E-state index in [1.807, 2.05) is 24.3 Å². The highest BCUT2D eigenvalue weighted by Crippen LogP contribution is 2.13. The zero-order valence-electron chi connectivity index (χ0n) is 17.7. The number of rotatable bonds is 13. The Hall–Kier alpha value is -2.63. The quantitative estimate of drug-likeness (QED) is 0.477. The maximum absolute atomic E-state index is 13.0. The highest BCUT2D eigenvalue weighted by molar-refractivity contribution is 5.99. The molecule has 0 aliphatic carbocycles. The van der Waals surface area contributed by atoms with Crippen LogP contribution in [-0.2, 0) is 11.2 Å². The van der Waals surface area contributed by atoms with Crippen molar-refractivity contribution in [3.63, 3.8) is 0 Å². The van der Waals surface area contributed by atoms with E-state index < -0.39 is 0 Å². The van der Waals surface area contributed by atoms with Crippen LogP contribution in [0.3, 0.4) is 0 Å². The van der Waals surface area contributed by atoms with Crippen LogP contribution in [0.15, 0.2) is 41.1 Å². The van der Waals surface area contributed by atoms with Gasteiger partial charge in [-0.1, -0.05) is 63.2 Å². The molecule has 0 radical (unpaired) electrons. The van der Waals surface area contributed by atoms with Gasteiger partial charge in [0, 0.05) is 18.2 Å². The summed E-state index contributed by atoms with van der Waals surface area (Å²) in [6.07, 6.45) is 10.3. The fraction of sp³-hybridized carbons (Fsp3) is 0.522. The third-order valence-electron chi connectivity index (χ3n) is 4.88. The molecule has 0 spiro atoms. The Labute approximate surface area is 173 Å². The van der Waals surface area contributed by atoms with Gasteiger partial charge in [-0.2, -0.15) is 0 Å². The molecule has 1 heterocycles. The summed E-state index contributed by atoms with van der Waals surface area (Å²) >= 11 is 0. The highest BCUT2D eigenvalue weighted by Gasteiger charge is 2.19. The first-order valence-electron chi connectivity index (χ1n) is 10.7. The van der Waals surface area contributed by atoms with E-state index in [9.17, 15) is 9.59 Å². The summed E-state index contributed by atoms with van der Waals surface area (Å²) in [5.41, 5.74) is 1.87. The number of anilines is 1. The maximum atomic E-state index is 13.0. The standard InChI is InChI=1S/C23H33N3O3/c1-3-5-7-8-10-19-11-13-20(14-12-19)23(28)26(16-9-6-4-2)18-22(27)24-21-15-17-29-25-21/h11-15,17H,3-10,16,18H2,1-2H3,(H,24,25,27). The van der Waals surface area contributed by atoms with Gasteiger partial charge < -0.3 is 14.7 Å². The molecule has 0 aliphatic rings. The first kappa shape index (κ1) is 22.7. The molecule has 1 N–H and O–H groups in total. The molecule has 0 unspecified atom stereocenters. The molecule has 1 aromatic carbocycles. The van der Waals surface area contributed by atoms with Crippen molar-refractivity contribution < 1.29 is 14.1 Å². The molecule has 1 aromatic heterocycles. The van der Waals surface area contributed by atoms with Gasteiger partial charge in [0.25, 0.3) is 5.91 Å². The Balaban J connectivity index is 1.96. The highest BCUT2D eigenvalue weighted by atomic mass is 16.5. The lowest BCUT2D eigenvalue weighted by Gasteiger charge is -2.22. The van der Waals surface area contributed by atoms with Crippen molar-refractivity contribution >= 4 is 17.6 Å². The number of hydrogen-bond acceptors (Lipinski definition) is 4. The van der Waals surface area contributed by atoms with E-state index in [0.29, 0.717) is 17.9 Å². The molecule has 0 saturated carbocycles. The number of aryl methyl sites for hydroxylation is 1. The van der Waals surface area contributed by atoms with E-state index in [-0.39, 0.29) is 18.4 Å². The van der Waals surface area contributed by atoms with Crippen LogP contribution in [0.4, 0.5) is 5.82 Å². The molecule has 6 heteroatoms. The lowest BCUT2D eigenvalue weighted by molar-refractivity contribution is -0.117. The topological polar surface area (TPSA) is 75.4 Å². The van der Waals surface area contributed by atoms with Gasteiger partial charge in [-0.3, -0.25) is 9.59 Å². The predicted octanol–water partition coefficient (Wildman–Crippen LogP) is 5.07. The molecule has 2 amide bonds. The number of unbranched alkanes of at least 4 members (excludes halogenated alkanes) is 5. The summed E-state index contributed by atoms with van der Waals surface area (Å²) in [5, 5.41) is 6.33. The second-order valence-corrected chi connectivity index (χ2v) is 7.37. The van der Waals surface area contributed by atoms with Gasteiger partial charge in [0.1, 0.15) is 12.8 Å². The van der Waals surface area contributed by atoms with E-state index in [0.717, 1.165) is 25.7 Å². The molecule has 2 aromatic rings. The molecule has 0 fully saturated rings. The number of carbonyl (C=O) groups excluding carboxylic acids is 2. The summed E-state index contributed by atoms with van der Waals surface area (Å²) in [4.78, 5) is 26.9. The fourth-order valence-corrected chi connectivity index (χ4v) is 3.19. The van der Waals surface area contributed by atoms with Crippen LogP contribution in [0.1, 0.15) is 74.7 Å². The van der Waals surface area contributed by atoms with Gasteiger partial charge >= 0.3 is 0 Å². The Morgan fingerprint density at radius 3 is 2.34 bits per heavy atom. The van der Waals surface area contributed by atoms with Crippen LogP contribution >= 0.6 is 0 Å². The Morgan fingerprint density at radius 2 is 1.69 bits per heavy atom. The minimum absolute atomic E-state index is 0.00578. The number of nitrogens with zero attached hydrogens (tertiary/aromatic N) is 2. The zero-order chi connectivity index (χ0) is 20.9. The number of aromatic nitrogens is 1. The minimum Gasteiger partial charge on any atom is -0.363 e. The number of carbonyl (C=O) groups is 2. The lowest BCUT2D eigenvalue weighted by atomic mass is 10.0. The van der Waals surface area contributed by atoms with Gasteiger partial charge in [-0.15, -0.1) is 0 Å². The van der Waals surface area contributed by atoms with Gasteiger partial charge in [0.05, 0.1) is 0 Å². The van der Waals surface area contributed by atoms with Crippen LogP contribution in [0.25, 0.3) is 0 Å². The Morgan fingerprint density at radius 1 is 0.966 bits per heavy atom. The second-order valence-electron chi connectivity index (χ2n) is 7.37. The number of benzene rings is 1. The van der Waals surface area contributed by atoms with E-state index in [1.54, 1.807) is 11.0 Å². The minimum atomic E-state index is -0.281. The first-order valence-corrected chi connectivity index (χ1v) is 10.7. The van der Waals surface area contributed by atoms with Crippen molar-refractivity contribution in [2.45, 2.75) is 65.2 Å². The van der Waals surface area contributed by atoms with Gasteiger partial charge in [-0.25, -0.2) is 0 Å². The molecule has 0 atom stereocenters. The molecule has 0 aliphatic heterocycles. The van der Waals surface area contributed by atoms with Gasteiger partial charge in [0.2, 0.25) is 5.91 Å². The average Bonchev–Trinajstić information content (AvgIpc) is 3.23. The fourth-order valence-electron chi connectivity index (χ4n) is 3.19. The van der Waals surface area contributed by atoms with Crippen molar-refractivity contribution in [2.24, 2.45) is 0 Å². The van der Waals surface area contributed by atoms with E-state index in [4.69, 9.17) is 4.52 Å². The maximum Gasteiger partial charge on any atom is 0.254 e. The summed E-state index contributed by atoms with van der Waals surface area (Å²) in [5.74, 6) is -0.0476. The summed E-state index contributed by atoms with van der Waals surface area (Å²) in [7, 11) is 0. The molecule has 0 saturated heterocycles. The van der Waals surface area contributed by atoms with Gasteiger partial charge in [0.15, 0.2) is 5.82 Å². The number of amides is 2. The smallest absolute Gasteiger partial charge is 0.254 e. The number of hydrogen-bond donors (Lipinski definition) is 1. The van der Waals surface area contributed by atoms with E-state index >= 15 is 0 Å². The molecule has 2 rings (SSSR count). The Bertz CT molecular complexity index is 726. The third kappa shape index (κ3) is 8.10. The SMILES string of the molecule is CCCCCCc1ccc(C(=O)N(CCCCC)CC(=O)Nc2ccon2)cc1. The van der Waals surface area contributed by atoms with Crippen LogP contribution in [-0.4, -0.2) is 35.0 Å². The van der Waals surface area contributed by atoms with Crippen LogP contribution in [0.5, 0.6) is 0 Å². The van der Waals surface area contributed by atoms with E-state index in [2.05, 4.69) is 24.3 Å². The van der Waals surface area contributed by atoms with Crippen molar-refractivity contribution in [3.8, 4) is 0 Å². The first-order chi connectivity index (χ1) is 14.1. The third-order valence-corrected chi connectivity index (χ3v) is 4.88. The molecular weight excluding hydrogens is 366 g/mol. The van der Waals surface area contributed by atoms with Crippen molar-refractivity contribution in [2.75, 3.05) is 18.4 Å².